The Labute approximate surface area is 184 Å². The van der Waals surface area contributed by atoms with Crippen molar-refractivity contribution in [3.63, 3.8) is 0 Å². The quantitative estimate of drug-likeness (QED) is 0.566. The van der Waals surface area contributed by atoms with Crippen LogP contribution in [0.15, 0.2) is 48.7 Å². The van der Waals surface area contributed by atoms with Crippen LogP contribution in [0.4, 0.5) is 4.39 Å². The molecule has 1 saturated carbocycles. The van der Waals surface area contributed by atoms with Gasteiger partial charge in [-0.25, -0.2) is 14.4 Å². The van der Waals surface area contributed by atoms with Crippen LogP contribution in [0.1, 0.15) is 35.3 Å². The van der Waals surface area contributed by atoms with Gasteiger partial charge in [0.15, 0.2) is 0 Å². The molecule has 2 unspecified atom stereocenters. The summed E-state index contributed by atoms with van der Waals surface area (Å²) in [6, 6.07) is 13.0. The summed E-state index contributed by atoms with van der Waals surface area (Å²) in [7, 11) is 0. The number of rotatable bonds is 5. The van der Waals surface area contributed by atoms with E-state index in [4.69, 9.17) is 4.74 Å². The van der Waals surface area contributed by atoms with E-state index in [0.29, 0.717) is 30.0 Å². The Morgan fingerprint density at radius 2 is 2.00 bits per heavy atom. The molecule has 6 rings (SSSR count). The number of pyridine rings is 1. The molecule has 3 aromatic rings. The first-order valence-electron chi connectivity index (χ1n) is 10.6. The SMILES string of the molecule is Cc1nc(C(=O)N2C3CC(C3)C(C)C2COc2ccc(F)cn2)c(-c2ccccc2)s1. The van der Waals surface area contributed by atoms with Crippen molar-refractivity contribution in [1.82, 2.24) is 14.9 Å². The summed E-state index contributed by atoms with van der Waals surface area (Å²) in [5.41, 5.74) is 1.53. The van der Waals surface area contributed by atoms with Gasteiger partial charge in [0.2, 0.25) is 5.88 Å². The molecule has 0 radical (unpaired) electrons. The fourth-order valence-corrected chi connectivity index (χ4v) is 5.69. The highest BCUT2D eigenvalue weighted by Crippen LogP contribution is 2.47. The maximum atomic E-state index is 13.8. The van der Waals surface area contributed by atoms with Gasteiger partial charge in [0.1, 0.15) is 18.1 Å². The molecular weight excluding hydrogens is 413 g/mol. The van der Waals surface area contributed by atoms with Crippen molar-refractivity contribution in [2.45, 2.75) is 38.8 Å². The molecule has 2 atom stereocenters. The van der Waals surface area contributed by atoms with Crippen LogP contribution in [0, 0.1) is 24.6 Å². The Kier molecular flexibility index (Phi) is 5.22. The van der Waals surface area contributed by atoms with Crippen molar-refractivity contribution in [1.29, 1.82) is 0 Å². The van der Waals surface area contributed by atoms with Gasteiger partial charge in [-0.05, 0) is 43.2 Å². The highest BCUT2D eigenvalue weighted by Gasteiger charge is 2.51. The van der Waals surface area contributed by atoms with Crippen molar-refractivity contribution in [2.24, 2.45) is 11.8 Å². The second-order valence-corrected chi connectivity index (χ2v) is 9.63. The maximum Gasteiger partial charge on any atom is 0.274 e. The van der Waals surface area contributed by atoms with Crippen LogP contribution in [0.5, 0.6) is 5.88 Å². The average molecular weight is 438 g/mol. The van der Waals surface area contributed by atoms with Crippen LogP contribution in [-0.4, -0.2) is 39.5 Å². The van der Waals surface area contributed by atoms with Crippen LogP contribution >= 0.6 is 11.3 Å². The van der Waals surface area contributed by atoms with Gasteiger partial charge in [0, 0.05) is 12.1 Å². The standard InChI is InChI=1S/C24H24FN3O2S/c1-14-17-10-19(11-17)28(20(14)13-30-21-9-8-18(25)12-26-21)24(29)22-23(31-15(2)27-22)16-6-4-3-5-7-16/h3-9,12,14,17,19-20H,10-11,13H2,1-2H3. The molecule has 3 aliphatic rings. The second-order valence-electron chi connectivity index (χ2n) is 8.43. The second kappa shape index (κ2) is 8.04. The summed E-state index contributed by atoms with van der Waals surface area (Å²) in [5.74, 6) is 0.862. The van der Waals surface area contributed by atoms with Gasteiger partial charge in [0.05, 0.1) is 22.1 Å². The van der Waals surface area contributed by atoms with Crippen LogP contribution in [0.25, 0.3) is 10.4 Å². The van der Waals surface area contributed by atoms with Crippen molar-refractivity contribution >= 4 is 17.2 Å². The number of carbonyl (C=O) groups excluding carboxylic acids is 1. The topological polar surface area (TPSA) is 55.3 Å². The van der Waals surface area contributed by atoms with Crippen LogP contribution in [-0.2, 0) is 0 Å². The summed E-state index contributed by atoms with van der Waals surface area (Å²) in [5, 5.41) is 0.877. The van der Waals surface area contributed by atoms with Gasteiger partial charge in [-0.1, -0.05) is 37.3 Å². The van der Waals surface area contributed by atoms with Crippen molar-refractivity contribution in [2.75, 3.05) is 6.61 Å². The molecule has 2 saturated heterocycles. The van der Waals surface area contributed by atoms with Gasteiger partial charge in [0.25, 0.3) is 5.91 Å². The van der Waals surface area contributed by atoms with E-state index in [-0.39, 0.29) is 18.0 Å². The number of carbonyl (C=O) groups is 1. The lowest BCUT2D eigenvalue weighted by Gasteiger charge is -2.56. The average Bonchev–Trinajstić information content (AvgIpc) is 3.14. The Bertz CT molecular complexity index is 1080. The van der Waals surface area contributed by atoms with Gasteiger partial charge in [-0.3, -0.25) is 4.79 Å². The molecule has 5 nitrogen and oxygen atoms in total. The minimum absolute atomic E-state index is 0.0288. The summed E-state index contributed by atoms with van der Waals surface area (Å²) in [6.45, 7) is 4.46. The first kappa shape index (κ1) is 20.1. The Morgan fingerprint density at radius 1 is 1.23 bits per heavy atom. The third kappa shape index (κ3) is 3.71. The Balaban J connectivity index is 1.43. The third-order valence-electron chi connectivity index (χ3n) is 6.56. The maximum absolute atomic E-state index is 13.8. The zero-order chi connectivity index (χ0) is 21.5. The molecule has 0 N–H and O–H groups in total. The summed E-state index contributed by atoms with van der Waals surface area (Å²) >= 11 is 1.55. The molecule has 1 amide bonds. The molecule has 2 aromatic heterocycles. The monoisotopic (exact) mass is 437 g/mol. The summed E-state index contributed by atoms with van der Waals surface area (Å²) < 4.78 is 19.0. The van der Waals surface area contributed by atoms with Crippen molar-refractivity contribution in [3.05, 3.63) is 65.2 Å². The number of fused-ring (bicyclic) bond motifs is 2. The molecular formula is C24H24FN3O2S. The zero-order valence-electron chi connectivity index (χ0n) is 17.5. The number of hydrogen-bond acceptors (Lipinski definition) is 5. The number of amides is 1. The van der Waals surface area contributed by atoms with Crippen molar-refractivity contribution in [3.8, 4) is 16.3 Å². The Morgan fingerprint density at radius 3 is 2.71 bits per heavy atom. The molecule has 1 aliphatic carbocycles. The van der Waals surface area contributed by atoms with E-state index >= 15 is 0 Å². The zero-order valence-corrected chi connectivity index (χ0v) is 18.3. The van der Waals surface area contributed by atoms with Crippen LogP contribution < -0.4 is 4.74 Å². The molecule has 3 fully saturated rings. The van der Waals surface area contributed by atoms with E-state index in [9.17, 15) is 9.18 Å². The van der Waals surface area contributed by atoms with Gasteiger partial charge >= 0.3 is 0 Å². The molecule has 31 heavy (non-hydrogen) atoms. The number of benzene rings is 1. The minimum atomic E-state index is -0.399. The first-order valence-corrected chi connectivity index (χ1v) is 11.4. The lowest BCUT2D eigenvalue weighted by molar-refractivity contribution is -0.0676. The highest BCUT2D eigenvalue weighted by molar-refractivity contribution is 7.15. The number of ether oxygens (including phenoxy) is 1. The molecule has 160 valence electrons. The van der Waals surface area contributed by atoms with E-state index < -0.39 is 5.82 Å². The fraction of sp³-hybridized carbons (Fsp3) is 0.375. The fourth-order valence-electron chi connectivity index (χ4n) is 4.77. The van der Waals surface area contributed by atoms with Gasteiger partial charge < -0.3 is 9.64 Å². The number of halogens is 1. The highest BCUT2D eigenvalue weighted by atomic mass is 32.1. The van der Waals surface area contributed by atoms with Gasteiger partial charge in [-0.15, -0.1) is 11.3 Å². The van der Waals surface area contributed by atoms with Crippen LogP contribution in [0.3, 0.4) is 0 Å². The molecule has 0 spiro atoms. The number of thiazole rings is 1. The number of aromatic nitrogens is 2. The number of nitrogens with zero attached hydrogens (tertiary/aromatic N) is 3. The predicted molar refractivity (Wildman–Crippen MR) is 118 cm³/mol. The van der Waals surface area contributed by atoms with E-state index in [1.54, 1.807) is 11.3 Å². The molecule has 7 heteroatoms. The molecule has 2 aliphatic heterocycles. The van der Waals surface area contributed by atoms with Crippen LogP contribution in [0.2, 0.25) is 0 Å². The normalized spacial score (nSPS) is 24.5. The first-order chi connectivity index (χ1) is 15.0. The van der Waals surface area contributed by atoms with Crippen molar-refractivity contribution < 1.29 is 13.9 Å². The Hall–Kier alpha value is -2.80. The minimum Gasteiger partial charge on any atom is -0.475 e. The van der Waals surface area contributed by atoms with E-state index in [0.717, 1.165) is 34.5 Å². The number of aryl methyl sites for hydroxylation is 1. The molecule has 2 bridgehead atoms. The van der Waals surface area contributed by atoms with Gasteiger partial charge in [-0.2, -0.15) is 0 Å². The lowest BCUT2D eigenvalue weighted by Crippen LogP contribution is -2.64. The number of piperidine rings is 2. The van der Waals surface area contributed by atoms with E-state index in [2.05, 4.69) is 16.9 Å². The predicted octanol–water partition coefficient (Wildman–Crippen LogP) is 4.97. The smallest absolute Gasteiger partial charge is 0.274 e. The number of hydrogen-bond donors (Lipinski definition) is 0. The van der Waals surface area contributed by atoms with E-state index in [1.165, 1.54) is 12.1 Å². The lowest BCUT2D eigenvalue weighted by atomic mass is 9.64. The largest absolute Gasteiger partial charge is 0.475 e. The molecule has 4 heterocycles. The van der Waals surface area contributed by atoms with E-state index in [1.807, 2.05) is 42.2 Å². The third-order valence-corrected chi connectivity index (χ3v) is 7.58. The summed E-state index contributed by atoms with van der Waals surface area (Å²) in [4.78, 5) is 25.3. The summed E-state index contributed by atoms with van der Waals surface area (Å²) in [6.07, 6.45) is 3.20. The molecule has 1 aromatic carbocycles.